The van der Waals surface area contributed by atoms with Crippen molar-refractivity contribution in [2.45, 2.75) is 0 Å². The molecule has 5 heteroatoms. The molecule has 0 radical (unpaired) electrons. The van der Waals surface area contributed by atoms with E-state index >= 15 is 0 Å². The number of nitriles is 1. The van der Waals surface area contributed by atoms with Gasteiger partial charge in [0.25, 0.3) is 0 Å². The second-order valence-corrected chi connectivity index (χ2v) is 3.61. The zero-order valence-corrected chi connectivity index (χ0v) is 8.98. The van der Waals surface area contributed by atoms with Crippen LogP contribution in [-0.2, 0) is 0 Å². The number of hydrogen-bond acceptors (Lipinski definition) is 3. The molecule has 1 heterocycles. The molecule has 0 unspecified atom stereocenters. The van der Waals surface area contributed by atoms with Crippen molar-refractivity contribution in [3.05, 3.63) is 23.1 Å². The zero-order chi connectivity index (χ0) is 9.84. The minimum atomic E-state index is 0.482. The molecule has 0 amide bonds. The van der Waals surface area contributed by atoms with Gasteiger partial charge in [0.15, 0.2) is 5.70 Å². The Morgan fingerprint density at radius 3 is 2.85 bits per heavy atom. The summed E-state index contributed by atoms with van der Waals surface area (Å²) in [5, 5.41) is 12.8. The van der Waals surface area contributed by atoms with Crippen molar-refractivity contribution in [3.8, 4) is 6.07 Å². The number of rotatable bonds is 2. The molecule has 0 N–H and O–H groups in total. The first-order chi connectivity index (χ1) is 6.13. The van der Waals surface area contributed by atoms with Crippen LogP contribution in [0.15, 0.2) is 23.1 Å². The van der Waals surface area contributed by atoms with Crippen LogP contribution in [0, 0.1) is 11.3 Å². The van der Waals surface area contributed by atoms with Crippen molar-refractivity contribution in [2.24, 2.45) is 0 Å². The number of hydrogen-bond donors (Lipinski definition) is 0. The van der Waals surface area contributed by atoms with E-state index in [4.69, 9.17) is 5.26 Å². The predicted molar refractivity (Wildman–Crippen MR) is 53.5 cm³/mol. The Morgan fingerprint density at radius 2 is 2.46 bits per heavy atom. The average Bonchev–Trinajstić information content (AvgIpc) is 2.47. The lowest BCUT2D eigenvalue weighted by Gasteiger charge is -2.05. The van der Waals surface area contributed by atoms with Crippen LogP contribution in [0.5, 0.6) is 0 Å². The van der Waals surface area contributed by atoms with Crippen LogP contribution in [0.3, 0.4) is 0 Å². The first-order valence-corrected chi connectivity index (χ1v) is 4.41. The molecule has 0 aliphatic rings. The van der Waals surface area contributed by atoms with Crippen LogP contribution in [0.1, 0.15) is 0 Å². The SMILES string of the molecule is CN(C)/C=C(\C#N)n1cc(Br)cn1. The highest BCUT2D eigenvalue weighted by Crippen LogP contribution is 2.10. The summed E-state index contributed by atoms with van der Waals surface area (Å²) in [6, 6.07) is 2.06. The summed E-state index contributed by atoms with van der Waals surface area (Å²) in [6.07, 6.45) is 5.08. The van der Waals surface area contributed by atoms with Gasteiger partial charge >= 0.3 is 0 Å². The number of halogens is 1. The smallest absolute Gasteiger partial charge is 0.157 e. The Kier molecular flexibility index (Phi) is 3.09. The van der Waals surface area contributed by atoms with Gasteiger partial charge in [-0.15, -0.1) is 0 Å². The van der Waals surface area contributed by atoms with Crippen LogP contribution in [-0.4, -0.2) is 28.8 Å². The fourth-order valence-electron chi connectivity index (χ4n) is 0.816. The summed E-state index contributed by atoms with van der Waals surface area (Å²) in [5.74, 6) is 0. The standard InChI is InChI=1S/C8H9BrN4/c1-12(2)6-8(3-10)13-5-7(9)4-11-13/h4-6H,1-2H3/b8-6+. The van der Waals surface area contributed by atoms with Crippen molar-refractivity contribution >= 4 is 21.6 Å². The second-order valence-electron chi connectivity index (χ2n) is 2.69. The van der Waals surface area contributed by atoms with E-state index < -0.39 is 0 Å². The molecule has 0 aliphatic heterocycles. The molecule has 0 spiro atoms. The van der Waals surface area contributed by atoms with Crippen molar-refractivity contribution in [1.29, 1.82) is 5.26 Å². The van der Waals surface area contributed by atoms with Gasteiger partial charge in [0.1, 0.15) is 6.07 Å². The molecule has 4 nitrogen and oxygen atoms in total. The summed E-state index contributed by atoms with van der Waals surface area (Å²) in [7, 11) is 3.71. The molecule has 0 fully saturated rings. The quantitative estimate of drug-likeness (QED) is 0.737. The maximum atomic E-state index is 8.82. The molecule has 13 heavy (non-hydrogen) atoms. The summed E-state index contributed by atoms with van der Waals surface area (Å²) >= 11 is 3.26. The fourth-order valence-corrected chi connectivity index (χ4v) is 1.10. The molecule has 68 valence electrons. The normalized spacial score (nSPS) is 11.1. The molecular weight excluding hydrogens is 232 g/mol. The Bertz CT molecular complexity index is 358. The maximum Gasteiger partial charge on any atom is 0.157 e. The summed E-state index contributed by atoms with van der Waals surface area (Å²) < 4.78 is 2.37. The van der Waals surface area contributed by atoms with Gasteiger partial charge in [0.2, 0.25) is 0 Å². The Labute approximate surface area is 85.2 Å². The molecule has 0 saturated heterocycles. The highest BCUT2D eigenvalue weighted by molar-refractivity contribution is 9.10. The molecule has 1 rings (SSSR count). The number of nitrogens with zero attached hydrogens (tertiary/aromatic N) is 4. The summed E-state index contributed by atoms with van der Waals surface area (Å²) in [5.41, 5.74) is 0.482. The highest BCUT2D eigenvalue weighted by atomic mass is 79.9. The first kappa shape index (κ1) is 9.81. The molecule has 0 saturated carbocycles. The van der Waals surface area contributed by atoms with Crippen LogP contribution < -0.4 is 0 Å². The second kappa shape index (κ2) is 4.10. The number of aromatic nitrogens is 2. The van der Waals surface area contributed by atoms with Gasteiger partial charge in [-0.2, -0.15) is 10.4 Å². The summed E-state index contributed by atoms with van der Waals surface area (Å²) in [6.45, 7) is 0. The van der Waals surface area contributed by atoms with Crippen LogP contribution in [0.4, 0.5) is 0 Å². The van der Waals surface area contributed by atoms with E-state index in [9.17, 15) is 0 Å². The van der Waals surface area contributed by atoms with Crippen molar-refractivity contribution in [2.75, 3.05) is 14.1 Å². The van der Waals surface area contributed by atoms with E-state index in [1.165, 1.54) is 4.68 Å². The monoisotopic (exact) mass is 240 g/mol. The van der Waals surface area contributed by atoms with E-state index in [1.54, 1.807) is 23.5 Å². The number of allylic oxidation sites excluding steroid dienone is 1. The lowest BCUT2D eigenvalue weighted by Crippen LogP contribution is -2.05. The minimum Gasteiger partial charge on any atom is -0.381 e. The maximum absolute atomic E-state index is 8.82. The molecule has 0 atom stereocenters. The first-order valence-electron chi connectivity index (χ1n) is 3.62. The van der Waals surface area contributed by atoms with E-state index in [0.717, 1.165) is 4.47 Å². The fraction of sp³-hybridized carbons (Fsp3) is 0.250. The van der Waals surface area contributed by atoms with Gasteiger partial charge in [-0.05, 0) is 15.9 Å². The molecule has 1 aromatic rings. The van der Waals surface area contributed by atoms with Gasteiger partial charge in [0.05, 0.1) is 10.7 Å². The molecule has 1 aromatic heterocycles. The molecule has 0 aromatic carbocycles. The van der Waals surface area contributed by atoms with Crippen LogP contribution >= 0.6 is 15.9 Å². The Hall–Kier alpha value is -1.28. The van der Waals surface area contributed by atoms with Gasteiger partial charge in [-0.1, -0.05) is 0 Å². The predicted octanol–water partition coefficient (Wildman–Crippen LogP) is 1.53. The third kappa shape index (κ3) is 2.60. The van der Waals surface area contributed by atoms with Crippen LogP contribution in [0.2, 0.25) is 0 Å². The van der Waals surface area contributed by atoms with E-state index in [1.807, 2.05) is 14.1 Å². The van der Waals surface area contributed by atoms with Gasteiger partial charge in [0, 0.05) is 26.5 Å². The molecule has 0 aliphatic carbocycles. The zero-order valence-electron chi connectivity index (χ0n) is 7.40. The van der Waals surface area contributed by atoms with Crippen LogP contribution in [0.25, 0.3) is 5.70 Å². The highest BCUT2D eigenvalue weighted by Gasteiger charge is 2.00. The van der Waals surface area contributed by atoms with Crippen molar-refractivity contribution in [3.63, 3.8) is 0 Å². The Morgan fingerprint density at radius 1 is 1.77 bits per heavy atom. The third-order valence-electron chi connectivity index (χ3n) is 1.29. The largest absolute Gasteiger partial charge is 0.381 e. The lowest BCUT2D eigenvalue weighted by atomic mass is 10.5. The third-order valence-corrected chi connectivity index (χ3v) is 1.70. The topological polar surface area (TPSA) is 44.9 Å². The van der Waals surface area contributed by atoms with E-state index in [-0.39, 0.29) is 0 Å². The summed E-state index contributed by atoms with van der Waals surface area (Å²) in [4.78, 5) is 1.80. The van der Waals surface area contributed by atoms with Gasteiger partial charge in [-0.25, -0.2) is 4.68 Å². The van der Waals surface area contributed by atoms with E-state index in [0.29, 0.717) is 5.70 Å². The van der Waals surface area contributed by atoms with Crippen molar-refractivity contribution in [1.82, 2.24) is 14.7 Å². The average molecular weight is 241 g/mol. The van der Waals surface area contributed by atoms with Gasteiger partial charge < -0.3 is 4.90 Å². The minimum absolute atomic E-state index is 0.482. The lowest BCUT2D eigenvalue weighted by molar-refractivity contribution is 0.562. The van der Waals surface area contributed by atoms with E-state index in [2.05, 4.69) is 27.1 Å². The van der Waals surface area contributed by atoms with Gasteiger partial charge in [-0.3, -0.25) is 0 Å². The molecule has 0 bridgehead atoms. The Balaban J connectivity index is 2.99. The van der Waals surface area contributed by atoms with Crippen molar-refractivity contribution < 1.29 is 0 Å². The molecular formula is C8H9BrN4.